The minimum absolute atomic E-state index is 0.0202. The van der Waals surface area contributed by atoms with E-state index in [1.165, 1.54) is 16.4 Å². The van der Waals surface area contributed by atoms with Crippen LogP contribution in [-0.2, 0) is 16.6 Å². The number of hydrogen-bond donors (Lipinski definition) is 0. The quantitative estimate of drug-likeness (QED) is 0.399. The number of nitrogens with zero attached hydrogens (tertiary/aromatic N) is 4. The van der Waals surface area contributed by atoms with Gasteiger partial charge in [0, 0.05) is 24.7 Å². The summed E-state index contributed by atoms with van der Waals surface area (Å²) >= 11 is 12.6. The molecular formula is C25H26Cl2N4O4S. The molecule has 5 rings (SSSR count). The molecule has 11 heteroatoms. The Morgan fingerprint density at radius 3 is 2.61 bits per heavy atom. The van der Waals surface area contributed by atoms with Crippen LogP contribution in [0.25, 0.3) is 11.5 Å². The zero-order chi connectivity index (χ0) is 25.4. The third kappa shape index (κ3) is 5.16. The van der Waals surface area contributed by atoms with E-state index >= 15 is 0 Å². The first-order valence-corrected chi connectivity index (χ1v) is 14.1. The lowest BCUT2D eigenvalue weighted by Gasteiger charge is -2.30. The summed E-state index contributed by atoms with van der Waals surface area (Å²) in [6, 6.07) is 11.6. The largest absolute Gasteiger partial charge is 0.419 e. The third-order valence-electron chi connectivity index (χ3n) is 6.54. The number of carbonyl (C=O) groups excluding carboxylic acids is 1. The fourth-order valence-corrected chi connectivity index (χ4v) is 6.78. The van der Waals surface area contributed by atoms with Crippen molar-refractivity contribution in [2.75, 3.05) is 13.1 Å². The topological polar surface area (TPSA) is 96.6 Å². The molecule has 36 heavy (non-hydrogen) atoms. The number of halogens is 2. The summed E-state index contributed by atoms with van der Waals surface area (Å²) in [5, 5.41) is 8.78. The second kappa shape index (κ2) is 10.1. The second-order valence-corrected chi connectivity index (χ2v) is 12.1. The van der Waals surface area contributed by atoms with E-state index in [1.54, 1.807) is 23.1 Å². The lowest BCUT2D eigenvalue weighted by Crippen LogP contribution is -2.39. The molecule has 1 saturated carbocycles. The second-order valence-electron chi connectivity index (χ2n) is 9.40. The monoisotopic (exact) mass is 548 g/mol. The molecular weight excluding hydrogens is 523 g/mol. The van der Waals surface area contributed by atoms with Gasteiger partial charge in [0.25, 0.3) is 5.91 Å². The Balaban J connectivity index is 1.40. The Bertz CT molecular complexity index is 1390. The van der Waals surface area contributed by atoms with Crippen LogP contribution in [0.15, 0.2) is 51.8 Å². The number of amides is 1. The maximum absolute atomic E-state index is 13.5. The van der Waals surface area contributed by atoms with Crippen LogP contribution in [0.3, 0.4) is 0 Å². The number of piperidine rings is 1. The van der Waals surface area contributed by atoms with E-state index in [2.05, 4.69) is 10.2 Å². The van der Waals surface area contributed by atoms with Gasteiger partial charge in [-0.25, -0.2) is 8.42 Å². The van der Waals surface area contributed by atoms with Crippen molar-refractivity contribution in [1.82, 2.24) is 19.4 Å². The fraction of sp³-hybridized carbons (Fsp3) is 0.400. The summed E-state index contributed by atoms with van der Waals surface area (Å²) < 4.78 is 34.0. The molecule has 0 radical (unpaired) electrons. The molecule has 1 amide bonds. The van der Waals surface area contributed by atoms with Crippen molar-refractivity contribution >= 4 is 39.1 Å². The molecule has 1 aliphatic carbocycles. The predicted molar refractivity (Wildman–Crippen MR) is 136 cm³/mol. The summed E-state index contributed by atoms with van der Waals surface area (Å²) in [6.07, 6.45) is 3.48. The Morgan fingerprint density at radius 1 is 1.11 bits per heavy atom. The van der Waals surface area contributed by atoms with Gasteiger partial charge in [-0.05, 0) is 61.9 Å². The molecule has 2 fully saturated rings. The highest BCUT2D eigenvalue weighted by Crippen LogP contribution is 2.33. The first-order valence-electron chi connectivity index (χ1n) is 11.9. The van der Waals surface area contributed by atoms with Crippen LogP contribution in [-0.4, -0.2) is 52.9 Å². The van der Waals surface area contributed by atoms with E-state index in [1.807, 2.05) is 19.1 Å². The molecule has 1 saturated heterocycles. The highest BCUT2D eigenvalue weighted by Gasteiger charge is 2.36. The Hall–Kier alpha value is -2.46. The van der Waals surface area contributed by atoms with Crippen molar-refractivity contribution < 1.29 is 17.6 Å². The third-order valence-corrected chi connectivity index (χ3v) is 9.22. The van der Waals surface area contributed by atoms with Crippen LogP contribution in [0.4, 0.5) is 0 Å². The molecule has 1 unspecified atom stereocenters. The molecule has 1 aliphatic heterocycles. The summed E-state index contributed by atoms with van der Waals surface area (Å²) in [6.45, 7) is 3.02. The SMILES string of the molecule is CC1CCCN(S(=O)(=O)c2cc(C(=O)N(Cc3nnc(-c4ccccc4Cl)o3)C3CC3)ccc2Cl)C1. The smallest absolute Gasteiger partial charge is 0.254 e. The highest BCUT2D eigenvalue weighted by atomic mass is 35.5. The molecule has 0 bridgehead atoms. The van der Waals surface area contributed by atoms with E-state index in [-0.39, 0.29) is 51.7 Å². The number of hydrogen-bond acceptors (Lipinski definition) is 6. The normalized spacial score (nSPS) is 18.8. The zero-order valence-corrected chi connectivity index (χ0v) is 22.1. The molecule has 190 valence electrons. The van der Waals surface area contributed by atoms with Crippen LogP contribution in [0.5, 0.6) is 0 Å². The van der Waals surface area contributed by atoms with Gasteiger partial charge in [0.2, 0.25) is 21.8 Å². The summed E-state index contributed by atoms with van der Waals surface area (Å²) in [5.41, 5.74) is 0.863. The number of benzene rings is 2. The van der Waals surface area contributed by atoms with Gasteiger partial charge in [0.15, 0.2) is 0 Å². The predicted octanol–water partition coefficient (Wildman–Crippen LogP) is 5.27. The molecule has 3 aromatic rings. The maximum atomic E-state index is 13.5. The molecule has 8 nitrogen and oxygen atoms in total. The Kier molecular flexibility index (Phi) is 7.09. The van der Waals surface area contributed by atoms with Crippen LogP contribution in [0, 0.1) is 5.92 Å². The van der Waals surface area contributed by atoms with Crippen molar-refractivity contribution in [2.24, 2.45) is 5.92 Å². The minimum atomic E-state index is -3.82. The average Bonchev–Trinajstić information content (AvgIpc) is 3.60. The van der Waals surface area contributed by atoms with Crippen molar-refractivity contribution in [1.29, 1.82) is 0 Å². The van der Waals surface area contributed by atoms with Gasteiger partial charge in [0.05, 0.1) is 22.2 Å². The molecule has 2 heterocycles. The van der Waals surface area contributed by atoms with Crippen molar-refractivity contribution in [3.63, 3.8) is 0 Å². The van der Waals surface area contributed by atoms with Gasteiger partial charge in [-0.2, -0.15) is 4.31 Å². The summed E-state index contributed by atoms with van der Waals surface area (Å²) in [4.78, 5) is 15.1. The van der Waals surface area contributed by atoms with Crippen LogP contribution in [0.2, 0.25) is 10.0 Å². The first-order chi connectivity index (χ1) is 17.2. The van der Waals surface area contributed by atoms with Gasteiger partial charge in [-0.3, -0.25) is 4.79 Å². The van der Waals surface area contributed by atoms with Crippen LogP contribution < -0.4 is 0 Å². The number of rotatable bonds is 7. The molecule has 2 aliphatic rings. The van der Waals surface area contributed by atoms with Gasteiger partial charge in [0.1, 0.15) is 4.90 Å². The number of aromatic nitrogens is 2. The Morgan fingerprint density at radius 2 is 1.89 bits per heavy atom. The molecule has 2 aromatic carbocycles. The van der Waals surface area contributed by atoms with Gasteiger partial charge in [-0.15, -0.1) is 10.2 Å². The average molecular weight is 549 g/mol. The summed E-state index contributed by atoms with van der Waals surface area (Å²) in [7, 11) is -3.82. The van der Waals surface area contributed by atoms with E-state index in [9.17, 15) is 13.2 Å². The minimum Gasteiger partial charge on any atom is -0.419 e. The molecule has 1 aromatic heterocycles. The summed E-state index contributed by atoms with van der Waals surface area (Å²) in [5.74, 6) is 0.506. The number of sulfonamides is 1. The van der Waals surface area contributed by atoms with Gasteiger partial charge >= 0.3 is 0 Å². The fourth-order valence-electron chi connectivity index (χ4n) is 4.46. The van der Waals surface area contributed by atoms with E-state index in [0.29, 0.717) is 23.7 Å². The van der Waals surface area contributed by atoms with Gasteiger partial charge < -0.3 is 9.32 Å². The molecule has 0 N–H and O–H groups in total. The van der Waals surface area contributed by atoms with Crippen LogP contribution >= 0.6 is 23.2 Å². The zero-order valence-electron chi connectivity index (χ0n) is 19.7. The standard InChI is InChI=1S/C25H26Cl2N4O4S/c1-16-5-4-12-30(14-16)36(33,34)22-13-17(8-11-21(22)27)25(32)31(18-9-10-18)15-23-28-29-24(35-23)19-6-2-3-7-20(19)26/h2-3,6-8,11,13,16,18H,4-5,9-10,12,14-15H2,1H3. The van der Waals surface area contributed by atoms with E-state index in [0.717, 1.165) is 25.7 Å². The first kappa shape index (κ1) is 25.2. The van der Waals surface area contributed by atoms with E-state index < -0.39 is 10.0 Å². The molecule has 0 spiro atoms. The van der Waals surface area contributed by atoms with Crippen molar-refractivity contribution in [3.8, 4) is 11.5 Å². The Labute approximate surface area is 220 Å². The maximum Gasteiger partial charge on any atom is 0.254 e. The van der Waals surface area contributed by atoms with Crippen molar-refractivity contribution in [3.05, 3.63) is 64.0 Å². The van der Waals surface area contributed by atoms with Crippen LogP contribution in [0.1, 0.15) is 48.9 Å². The lowest BCUT2D eigenvalue weighted by molar-refractivity contribution is 0.0714. The lowest BCUT2D eigenvalue weighted by atomic mass is 10.0. The highest BCUT2D eigenvalue weighted by molar-refractivity contribution is 7.89. The van der Waals surface area contributed by atoms with Gasteiger partial charge in [-0.1, -0.05) is 42.3 Å². The number of carbonyl (C=O) groups is 1. The molecule has 1 atom stereocenters. The van der Waals surface area contributed by atoms with Crippen molar-refractivity contribution in [2.45, 2.75) is 50.1 Å². The van der Waals surface area contributed by atoms with E-state index in [4.69, 9.17) is 27.6 Å².